The fourth-order valence-corrected chi connectivity index (χ4v) is 3.12. The molecule has 128 valence electrons. The molecule has 1 saturated heterocycles. The van der Waals surface area contributed by atoms with Gasteiger partial charge >= 0.3 is 0 Å². The van der Waals surface area contributed by atoms with Crippen LogP contribution in [-0.2, 0) is 4.74 Å². The summed E-state index contributed by atoms with van der Waals surface area (Å²) in [5.74, 6) is 0.108. The lowest BCUT2D eigenvalue weighted by atomic mass is 10.2. The van der Waals surface area contributed by atoms with Crippen molar-refractivity contribution in [3.05, 3.63) is 24.3 Å². The molecule has 1 aliphatic heterocycles. The average molecular weight is 346 g/mol. The number of nitrogens with zero attached hydrogens (tertiary/aromatic N) is 3. The third-order valence-electron chi connectivity index (χ3n) is 4.12. The van der Waals surface area contributed by atoms with Crippen LogP contribution < -0.4 is 5.32 Å². The van der Waals surface area contributed by atoms with Crippen LogP contribution in [0.4, 0.5) is 5.69 Å². The topological polar surface area (TPSA) is 71.1 Å². The summed E-state index contributed by atoms with van der Waals surface area (Å²) in [6.45, 7) is 5.47. The van der Waals surface area contributed by atoms with E-state index in [-0.39, 0.29) is 18.0 Å². The van der Waals surface area contributed by atoms with Crippen molar-refractivity contribution in [2.45, 2.75) is 38.8 Å². The summed E-state index contributed by atoms with van der Waals surface area (Å²) < 4.78 is 7.37. The predicted octanol–water partition coefficient (Wildman–Crippen LogP) is 4.07. The Bertz CT molecular complexity index is 763. The SMILES string of the molecule is CC(C)n1c(O)c(N=NC(=S)NC[C@H]2CCCO2)c2ccccc21. The Morgan fingerprint density at radius 2 is 2.25 bits per heavy atom. The fourth-order valence-electron chi connectivity index (χ4n) is 2.99. The Morgan fingerprint density at radius 3 is 2.96 bits per heavy atom. The van der Waals surface area contributed by atoms with Gasteiger partial charge in [-0.05, 0) is 45.0 Å². The van der Waals surface area contributed by atoms with Gasteiger partial charge < -0.3 is 19.7 Å². The molecule has 0 radical (unpaired) electrons. The lowest BCUT2D eigenvalue weighted by molar-refractivity contribution is 0.114. The van der Waals surface area contributed by atoms with Crippen LogP contribution in [0.25, 0.3) is 10.9 Å². The van der Waals surface area contributed by atoms with Gasteiger partial charge in [-0.3, -0.25) is 0 Å². The van der Waals surface area contributed by atoms with Gasteiger partial charge in [0.05, 0.1) is 11.6 Å². The Balaban J connectivity index is 1.79. The molecule has 0 aliphatic carbocycles. The Hall–Kier alpha value is -1.99. The highest BCUT2D eigenvalue weighted by atomic mass is 32.1. The molecule has 3 rings (SSSR count). The first kappa shape index (κ1) is 16.9. The lowest BCUT2D eigenvalue weighted by Crippen LogP contribution is -2.29. The molecule has 1 aromatic heterocycles. The maximum absolute atomic E-state index is 10.5. The Kier molecular flexibility index (Phi) is 5.11. The highest BCUT2D eigenvalue weighted by Crippen LogP contribution is 2.40. The fraction of sp³-hybridized carbons (Fsp3) is 0.471. The van der Waals surface area contributed by atoms with Gasteiger partial charge in [0.25, 0.3) is 0 Å². The summed E-state index contributed by atoms with van der Waals surface area (Å²) in [4.78, 5) is 0. The first-order valence-corrected chi connectivity index (χ1v) is 8.62. The van der Waals surface area contributed by atoms with Crippen molar-refractivity contribution in [3.8, 4) is 5.88 Å². The van der Waals surface area contributed by atoms with E-state index in [1.54, 1.807) is 0 Å². The summed E-state index contributed by atoms with van der Waals surface area (Å²) in [6, 6.07) is 7.85. The van der Waals surface area contributed by atoms with Crippen molar-refractivity contribution in [2.75, 3.05) is 13.2 Å². The number of benzene rings is 1. The number of hydrogen-bond acceptors (Lipinski definition) is 4. The molecular weight excluding hydrogens is 324 g/mol. The van der Waals surface area contributed by atoms with Crippen molar-refractivity contribution in [3.63, 3.8) is 0 Å². The largest absolute Gasteiger partial charge is 0.493 e. The molecule has 0 bridgehead atoms. The molecule has 1 aliphatic rings. The zero-order valence-corrected chi connectivity index (χ0v) is 14.7. The van der Waals surface area contributed by atoms with E-state index in [2.05, 4.69) is 15.5 Å². The predicted molar refractivity (Wildman–Crippen MR) is 98.1 cm³/mol. The number of thiocarbonyl (C=S) groups is 1. The van der Waals surface area contributed by atoms with Crippen molar-refractivity contribution < 1.29 is 9.84 Å². The zero-order valence-electron chi connectivity index (χ0n) is 13.9. The highest BCUT2D eigenvalue weighted by molar-refractivity contribution is 7.80. The van der Waals surface area contributed by atoms with Crippen LogP contribution in [0.3, 0.4) is 0 Å². The van der Waals surface area contributed by atoms with Crippen molar-refractivity contribution in [1.82, 2.24) is 9.88 Å². The number of fused-ring (bicyclic) bond motifs is 1. The van der Waals surface area contributed by atoms with Gasteiger partial charge in [-0.2, -0.15) is 0 Å². The Morgan fingerprint density at radius 1 is 1.46 bits per heavy atom. The molecule has 2 aromatic rings. The maximum atomic E-state index is 10.5. The monoisotopic (exact) mass is 346 g/mol. The van der Waals surface area contributed by atoms with Crippen molar-refractivity contribution >= 4 is 33.9 Å². The second kappa shape index (κ2) is 7.27. The molecule has 2 N–H and O–H groups in total. The summed E-state index contributed by atoms with van der Waals surface area (Å²) in [7, 11) is 0. The molecule has 1 fully saturated rings. The van der Waals surface area contributed by atoms with Gasteiger partial charge in [-0.15, -0.1) is 10.2 Å². The number of ether oxygens (including phenoxy) is 1. The maximum Gasteiger partial charge on any atom is 0.221 e. The number of aromatic hydroxyl groups is 1. The van der Waals surface area contributed by atoms with Gasteiger partial charge in [-0.25, -0.2) is 0 Å². The third-order valence-corrected chi connectivity index (χ3v) is 4.35. The number of azo groups is 1. The summed E-state index contributed by atoms with van der Waals surface area (Å²) >= 11 is 5.20. The van der Waals surface area contributed by atoms with Gasteiger partial charge in [0.1, 0.15) is 0 Å². The highest BCUT2D eigenvalue weighted by Gasteiger charge is 2.18. The van der Waals surface area contributed by atoms with Gasteiger partial charge in [0.2, 0.25) is 11.0 Å². The van der Waals surface area contributed by atoms with Crippen molar-refractivity contribution in [2.24, 2.45) is 10.2 Å². The van der Waals surface area contributed by atoms with Crippen LogP contribution in [-0.4, -0.2) is 34.0 Å². The lowest BCUT2D eigenvalue weighted by Gasteiger charge is -2.10. The van der Waals surface area contributed by atoms with Crippen LogP contribution in [0, 0.1) is 0 Å². The smallest absolute Gasteiger partial charge is 0.221 e. The molecule has 24 heavy (non-hydrogen) atoms. The molecule has 1 atom stereocenters. The average Bonchev–Trinajstić information content (AvgIpc) is 3.16. The van der Waals surface area contributed by atoms with Crippen LogP contribution in [0.1, 0.15) is 32.7 Å². The molecule has 0 unspecified atom stereocenters. The van der Waals surface area contributed by atoms with E-state index in [4.69, 9.17) is 17.0 Å². The second-order valence-electron chi connectivity index (χ2n) is 6.17. The summed E-state index contributed by atoms with van der Waals surface area (Å²) in [5, 5.41) is 23.0. The minimum absolute atomic E-state index is 0.108. The Labute approximate surface area is 146 Å². The zero-order chi connectivity index (χ0) is 17.1. The molecular formula is C17H22N4O2S. The molecule has 0 spiro atoms. The summed E-state index contributed by atoms with van der Waals surface area (Å²) in [5.41, 5.74) is 1.37. The van der Waals surface area contributed by atoms with E-state index < -0.39 is 0 Å². The van der Waals surface area contributed by atoms with E-state index in [0.717, 1.165) is 30.4 Å². The van der Waals surface area contributed by atoms with E-state index in [1.807, 2.05) is 42.7 Å². The molecule has 0 amide bonds. The normalized spacial score (nSPS) is 18.0. The van der Waals surface area contributed by atoms with Crippen molar-refractivity contribution in [1.29, 1.82) is 0 Å². The minimum Gasteiger partial charge on any atom is -0.493 e. The van der Waals surface area contributed by atoms with Crippen LogP contribution >= 0.6 is 12.2 Å². The first-order chi connectivity index (χ1) is 11.6. The quantitative estimate of drug-likeness (QED) is 0.647. The number of nitrogens with one attached hydrogen (secondary N) is 1. The molecule has 6 nitrogen and oxygen atoms in total. The van der Waals surface area contributed by atoms with E-state index in [9.17, 15) is 5.11 Å². The second-order valence-corrected chi connectivity index (χ2v) is 6.56. The molecule has 7 heteroatoms. The van der Waals surface area contributed by atoms with Gasteiger partial charge in [0, 0.05) is 24.6 Å². The number of rotatable bonds is 4. The van der Waals surface area contributed by atoms with Gasteiger partial charge in [-0.1, -0.05) is 18.2 Å². The van der Waals surface area contributed by atoms with Gasteiger partial charge in [0.15, 0.2) is 5.69 Å². The molecule has 1 aromatic carbocycles. The van der Waals surface area contributed by atoms with Crippen LogP contribution in [0.15, 0.2) is 34.5 Å². The van der Waals surface area contributed by atoms with E-state index in [0.29, 0.717) is 17.3 Å². The van der Waals surface area contributed by atoms with E-state index >= 15 is 0 Å². The number of hydrogen-bond donors (Lipinski definition) is 2. The molecule has 0 saturated carbocycles. The number of aromatic nitrogens is 1. The summed E-state index contributed by atoms with van der Waals surface area (Å²) in [6.07, 6.45) is 2.31. The number of para-hydroxylation sites is 1. The minimum atomic E-state index is 0.108. The first-order valence-electron chi connectivity index (χ1n) is 8.21. The standard InChI is InChI=1S/C17H22N4O2S/c1-11(2)21-14-8-4-3-7-13(14)15(16(21)22)19-20-17(24)18-10-12-6-5-9-23-12/h3-4,7-8,11-12,22H,5-6,9-10H2,1-2H3,(H,18,24)/t12-/m1/s1. The molecule has 2 heterocycles. The van der Waals surface area contributed by atoms with Crippen LogP contribution in [0.5, 0.6) is 5.88 Å². The van der Waals surface area contributed by atoms with E-state index in [1.165, 1.54) is 0 Å². The van der Waals surface area contributed by atoms with Crippen LogP contribution in [0.2, 0.25) is 0 Å². The third kappa shape index (κ3) is 3.42.